The van der Waals surface area contributed by atoms with Gasteiger partial charge in [-0.25, -0.2) is 0 Å². The van der Waals surface area contributed by atoms with Crippen molar-refractivity contribution in [2.45, 2.75) is 32.1 Å². The van der Waals surface area contributed by atoms with Gasteiger partial charge in [0, 0.05) is 11.6 Å². The number of benzene rings is 1. The van der Waals surface area contributed by atoms with Crippen LogP contribution in [0.15, 0.2) is 22.7 Å². The third kappa shape index (κ3) is 5.33. The lowest BCUT2D eigenvalue weighted by atomic mass is 9.89. The van der Waals surface area contributed by atoms with E-state index in [2.05, 4.69) is 21.2 Å². The molecule has 1 N–H and O–H groups in total. The van der Waals surface area contributed by atoms with Gasteiger partial charge in [0.25, 0.3) is 0 Å². The summed E-state index contributed by atoms with van der Waals surface area (Å²) in [5.74, 6) is 1.72. The van der Waals surface area contributed by atoms with E-state index in [1.807, 2.05) is 18.2 Å². The van der Waals surface area contributed by atoms with E-state index in [9.17, 15) is 0 Å². The van der Waals surface area contributed by atoms with Crippen LogP contribution in [0.1, 0.15) is 32.1 Å². The van der Waals surface area contributed by atoms with Crippen LogP contribution in [0.5, 0.6) is 5.75 Å². The van der Waals surface area contributed by atoms with Gasteiger partial charge in [0.05, 0.1) is 4.47 Å². The average molecular weight is 347 g/mol. The third-order valence-electron chi connectivity index (χ3n) is 3.59. The van der Waals surface area contributed by atoms with Crippen molar-refractivity contribution in [3.05, 3.63) is 27.7 Å². The van der Waals surface area contributed by atoms with Gasteiger partial charge in [-0.2, -0.15) is 0 Å². The van der Waals surface area contributed by atoms with Gasteiger partial charge in [0.2, 0.25) is 0 Å². The van der Waals surface area contributed by atoms with Crippen LogP contribution in [-0.2, 0) is 0 Å². The van der Waals surface area contributed by atoms with Crippen LogP contribution >= 0.6 is 27.5 Å². The Morgan fingerprint density at radius 1 is 1.26 bits per heavy atom. The zero-order valence-electron chi connectivity index (χ0n) is 11.1. The Morgan fingerprint density at radius 2 is 2.05 bits per heavy atom. The molecule has 0 saturated heterocycles. The van der Waals surface area contributed by atoms with Gasteiger partial charge in [0.15, 0.2) is 0 Å². The normalized spacial score (nSPS) is 16.5. The summed E-state index contributed by atoms with van der Waals surface area (Å²) in [6, 6.07) is 5.59. The maximum absolute atomic E-state index is 5.89. The highest BCUT2D eigenvalue weighted by Gasteiger charge is 2.12. The van der Waals surface area contributed by atoms with E-state index in [4.69, 9.17) is 16.3 Å². The first-order chi connectivity index (χ1) is 9.25. The lowest BCUT2D eigenvalue weighted by molar-refractivity contribution is 0.293. The second-order valence-corrected chi connectivity index (χ2v) is 6.42. The van der Waals surface area contributed by atoms with Gasteiger partial charge in [0.1, 0.15) is 12.4 Å². The fraction of sp³-hybridized carbons (Fsp3) is 0.600. The summed E-state index contributed by atoms with van der Waals surface area (Å²) in [4.78, 5) is 0. The summed E-state index contributed by atoms with van der Waals surface area (Å²) >= 11 is 9.34. The topological polar surface area (TPSA) is 21.3 Å². The summed E-state index contributed by atoms with van der Waals surface area (Å²) in [7, 11) is 0. The van der Waals surface area contributed by atoms with E-state index in [0.29, 0.717) is 6.61 Å². The smallest absolute Gasteiger partial charge is 0.133 e. The predicted octanol–water partition coefficient (Wildman–Crippen LogP) is 4.65. The molecule has 0 amide bonds. The average Bonchev–Trinajstić information content (AvgIpc) is 2.42. The van der Waals surface area contributed by atoms with Crippen molar-refractivity contribution < 1.29 is 4.74 Å². The van der Waals surface area contributed by atoms with E-state index < -0.39 is 0 Å². The number of hydrogen-bond acceptors (Lipinski definition) is 2. The maximum atomic E-state index is 5.89. The van der Waals surface area contributed by atoms with E-state index in [-0.39, 0.29) is 0 Å². The lowest BCUT2D eigenvalue weighted by Crippen LogP contribution is -2.28. The van der Waals surface area contributed by atoms with Gasteiger partial charge < -0.3 is 10.1 Å². The molecule has 1 aromatic rings. The molecule has 0 atom stereocenters. The molecular formula is C15H21BrClNO. The Hall–Kier alpha value is -0.250. The van der Waals surface area contributed by atoms with Gasteiger partial charge in [-0.1, -0.05) is 30.9 Å². The van der Waals surface area contributed by atoms with Gasteiger partial charge >= 0.3 is 0 Å². The monoisotopic (exact) mass is 345 g/mol. The summed E-state index contributed by atoms with van der Waals surface area (Å²) in [5, 5.41) is 4.21. The minimum Gasteiger partial charge on any atom is -0.491 e. The van der Waals surface area contributed by atoms with Crippen molar-refractivity contribution in [1.29, 1.82) is 0 Å². The molecule has 1 aliphatic rings. The van der Waals surface area contributed by atoms with Gasteiger partial charge in [-0.15, -0.1) is 0 Å². The van der Waals surface area contributed by atoms with Crippen molar-refractivity contribution in [1.82, 2.24) is 5.32 Å². The highest BCUT2D eigenvalue weighted by molar-refractivity contribution is 9.10. The Labute approximate surface area is 129 Å². The molecule has 0 bridgehead atoms. The fourth-order valence-corrected chi connectivity index (χ4v) is 3.32. The third-order valence-corrected chi connectivity index (χ3v) is 4.44. The quantitative estimate of drug-likeness (QED) is 0.757. The Balaban J connectivity index is 1.61. The molecule has 0 aromatic heterocycles. The second-order valence-electron chi connectivity index (χ2n) is 5.13. The molecule has 1 saturated carbocycles. The van der Waals surface area contributed by atoms with Crippen LogP contribution in [-0.4, -0.2) is 19.7 Å². The first-order valence-electron chi connectivity index (χ1n) is 7.04. The van der Waals surface area contributed by atoms with Crippen LogP contribution in [0.4, 0.5) is 0 Å². The molecule has 4 heteroatoms. The molecule has 1 aliphatic carbocycles. The number of nitrogens with one attached hydrogen (secondary N) is 1. The fourth-order valence-electron chi connectivity index (χ4n) is 2.52. The second kappa shape index (κ2) is 8.13. The van der Waals surface area contributed by atoms with Crippen molar-refractivity contribution in [2.24, 2.45) is 5.92 Å². The Kier molecular flexibility index (Phi) is 6.48. The molecule has 19 heavy (non-hydrogen) atoms. The van der Waals surface area contributed by atoms with Crippen molar-refractivity contribution in [2.75, 3.05) is 19.7 Å². The standard InChI is InChI=1S/C15H21BrClNO/c16-14-10-13(17)6-7-15(14)19-9-8-18-11-12-4-2-1-3-5-12/h6-7,10,12,18H,1-5,8-9,11H2. The van der Waals surface area contributed by atoms with Gasteiger partial charge in [-0.05, 0) is 59.4 Å². The molecule has 1 fully saturated rings. The van der Waals surface area contributed by atoms with Crippen LogP contribution in [0.3, 0.4) is 0 Å². The Bertz CT molecular complexity index is 394. The first kappa shape index (κ1) is 15.1. The van der Waals surface area contributed by atoms with Crippen LogP contribution < -0.4 is 10.1 Å². The summed E-state index contributed by atoms with van der Waals surface area (Å²) in [6.07, 6.45) is 7.00. The summed E-state index contributed by atoms with van der Waals surface area (Å²) in [5.41, 5.74) is 0. The molecule has 2 rings (SSSR count). The highest BCUT2D eigenvalue weighted by Crippen LogP contribution is 2.27. The molecule has 2 nitrogen and oxygen atoms in total. The molecule has 0 radical (unpaired) electrons. The molecule has 0 aliphatic heterocycles. The Morgan fingerprint density at radius 3 is 2.79 bits per heavy atom. The predicted molar refractivity (Wildman–Crippen MR) is 84.1 cm³/mol. The van der Waals surface area contributed by atoms with E-state index in [1.165, 1.54) is 32.1 Å². The first-order valence-corrected chi connectivity index (χ1v) is 8.21. The largest absolute Gasteiger partial charge is 0.491 e. The van der Waals surface area contributed by atoms with E-state index in [0.717, 1.165) is 34.3 Å². The molecule has 106 valence electrons. The molecule has 0 unspecified atom stereocenters. The number of hydrogen-bond donors (Lipinski definition) is 1. The minimum absolute atomic E-state index is 0.687. The van der Waals surface area contributed by atoms with Crippen molar-refractivity contribution >= 4 is 27.5 Å². The number of halogens is 2. The van der Waals surface area contributed by atoms with Crippen LogP contribution in [0, 0.1) is 5.92 Å². The number of ether oxygens (including phenoxy) is 1. The van der Waals surface area contributed by atoms with Crippen molar-refractivity contribution in [3.63, 3.8) is 0 Å². The molecule has 0 heterocycles. The molecule has 1 aromatic carbocycles. The minimum atomic E-state index is 0.687. The number of rotatable bonds is 6. The van der Waals surface area contributed by atoms with E-state index >= 15 is 0 Å². The van der Waals surface area contributed by atoms with Crippen LogP contribution in [0.2, 0.25) is 5.02 Å². The van der Waals surface area contributed by atoms with Crippen LogP contribution in [0.25, 0.3) is 0 Å². The zero-order valence-corrected chi connectivity index (χ0v) is 13.5. The zero-order chi connectivity index (χ0) is 13.5. The lowest BCUT2D eigenvalue weighted by Gasteiger charge is -2.21. The SMILES string of the molecule is Clc1ccc(OCCNCC2CCCCC2)c(Br)c1. The summed E-state index contributed by atoms with van der Waals surface area (Å²) < 4.78 is 6.62. The molecule has 0 spiro atoms. The van der Waals surface area contributed by atoms with E-state index in [1.54, 1.807) is 0 Å². The maximum Gasteiger partial charge on any atom is 0.133 e. The summed E-state index contributed by atoms with van der Waals surface area (Å²) in [6.45, 7) is 2.71. The van der Waals surface area contributed by atoms with Crippen molar-refractivity contribution in [3.8, 4) is 5.75 Å². The van der Waals surface area contributed by atoms with Gasteiger partial charge in [-0.3, -0.25) is 0 Å². The highest BCUT2D eigenvalue weighted by atomic mass is 79.9. The molecular weight excluding hydrogens is 326 g/mol.